The van der Waals surface area contributed by atoms with Crippen LogP contribution >= 0.6 is 11.6 Å². The Labute approximate surface area is 182 Å². The van der Waals surface area contributed by atoms with Gasteiger partial charge in [-0.15, -0.1) is 0 Å². The van der Waals surface area contributed by atoms with Gasteiger partial charge in [0.05, 0.1) is 12.8 Å². The summed E-state index contributed by atoms with van der Waals surface area (Å²) in [6.45, 7) is 6.52. The quantitative estimate of drug-likeness (QED) is 0.338. The minimum absolute atomic E-state index is 0.184. The zero-order valence-corrected chi connectivity index (χ0v) is 17.7. The third-order valence-corrected chi connectivity index (χ3v) is 5.74. The third kappa shape index (κ3) is 4.08. The molecule has 0 saturated carbocycles. The number of hydrogen-bond donors (Lipinski definition) is 0. The van der Waals surface area contributed by atoms with Crippen molar-refractivity contribution in [2.45, 2.75) is 19.1 Å². The van der Waals surface area contributed by atoms with E-state index in [1.165, 1.54) is 6.20 Å². The molecule has 3 aromatic rings. The number of nitrogens with zero attached hydrogens (tertiary/aromatic N) is 6. The summed E-state index contributed by atoms with van der Waals surface area (Å²) >= 11 is 6.02. The van der Waals surface area contributed by atoms with E-state index in [9.17, 15) is 10.1 Å². The Balaban J connectivity index is 1.14. The Morgan fingerprint density at radius 1 is 1.32 bits per heavy atom. The highest BCUT2D eigenvalue weighted by Crippen LogP contribution is 2.31. The van der Waals surface area contributed by atoms with Crippen LogP contribution in [-0.4, -0.2) is 68.9 Å². The fourth-order valence-corrected chi connectivity index (χ4v) is 4.27. The number of halogens is 1. The molecular formula is C20H21ClN6O4. The molecule has 0 spiro atoms. The maximum Gasteiger partial charge on any atom is 0.415 e. The average Bonchev–Trinajstić information content (AvgIpc) is 3.38. The predicted molar refractivity (Wildman–Crippen MR) is 115 cm³/mol. The Kier molecular flexibility index (Phi) is 4.82. The molecule has 0 N–H and O–H groups in total. The molecule has 4 heterocycles. The zero-order chi connectivity index (χ0) is 21.6. The van der Waals surface area contributed by atoms with E-state index < -0.39 is 10.5 Å². The third-order valence-electron chi connectivity index (χ3n) is 5.51. The largest absolute Gasteiger partial charge is 0.455 e. The van der Waals surface area contributed by atoms with Crippen LogP contribution in [-0.2, 0) is 6.54 Å². The second-order valence-corrected chi connectivity index (χ2v) is 8.56. The first-order chi connectivity index (χ1) is 14.9. The number of benzene rings is 1. The second kappa shape index (κ2) is 7.54. The summed E-state index contributed by atoms with van der Waals surface area (Å²) in [6.07, 6.45) is 3.16. The molecule has 5 rings (SSSR count). The standard InChI is InChI=1S/C20H21ClN6O4/c1-20(13-25-11-18(27(28)29)23-19(25)31-20)12-24-4-6-26(7-5-24)22-10-16-9-14-8-15(21)2-3-17(14)30-16/h2-3,8-11H,4-7,12-13H2,1H3/b22-10+/t20-/m0/s1. The molecule has 2 aliphatic heterocycles. The number of furan rings is 1. The molecular weight excluding hydrogens is 424 g/mol. The zero-order valence-electron chi connectivity index (χ0n) is 16.9. The van der Waals surface area contributed by atoms with Crippen LogP contribution in [0.3, 0.4) is 0 Å². The monoisotopic (exact) mass is 444 g/mol. The van der Waals surface area contributed by atoms with Crippen LogP contribution in [0.1, 0.15) is 12.7 Å². The molecule has 0 bridgehead atoms. The molecule has 10 nitrogen and oxygen atoms in total. The molecule has 1 atom stereocenters. The number of aromatic nitrogens is 2. The first kappa shape index (κ1) is 19.8. The van der Waals surface area contributed by atoms with Crippen LogP contribution in [0.4, 0.5) is 5.82 Å². The van der Waals surface area contributed by atoms with Crippen molar-refractivity contribution in [3.63, 3.8) is 0 Å². The lowest BCUT2D eigenvalue weighted by molar-refractivity contribution is -0.389. The van der Waals surface area contributed by atoms with Crippen LogP contribution in [0, 0.1) is 10.1 Å². The molecule has 0 amide bonds. The molecule has 1 aromatic carbocycles. The van der Waals surface area contributed by atoms with Gasteiger partial charge in [0, 0.05) is 48.1 Å². The number of piperazine rings is 1. The lowest BCUT2D eigenvalue weighted by atomic mass is 10.1. The van der Waals surface area contributed by atoms with Crippen LogP contribution in [0.15, 0.2) is 40.0 Å². The number of imidazole rings is 1. The molecule has 2 aliphatic rings. The predicted octanol–water partition coefficient (Wildman–Crippen LogP) is 2.99. The molecule has 0 aliphatic carbocycles. The summed E-state index contributed by atoms with van der Waals surface area (Å²) in [5.41, 5.74) is 0.323. The smallest absolute Gasteiger partial charge is 0.415 e. The van der Waals surface area contributed by atoms with Crippen molar-refractivity contribution in [3.8, 4) is 6.01 Å². The lowest BCUT2D eigenvalue weighted by Gasteiger charge is -2.36. The van der Waals surface area contributed by atoms with Crippen LogP contribution in [0.5, 0.6) is 6.01 Å². The van der Waals surface area contributed by atoms with Gasteiger partial charge in [0.1, 0.15) is 23.1 Å². The maximum atomic E-state index is 10.9. The number of hydrogen-bond acceptors (Lipinski definition) is 8. The van der Waals surface area contributed by atoms with E-state index >= 15 is 0 Å². The van der Waals surface area contributed by atoms with Crippen molar-refractivity contribution in [3.05, 3.63) is 51.4 Å². The average molecular weight is 445 g/mol. The van der Waals surface area contributed by atoms with Gasteiger partial charge >= 0.3 is 11.8 Å². The summed E-state index contributed by atoms with van der Waals surface area (Å²) in [7, 11) is 0. The molecule has 11 heteroatoms. The van der Waals surface area contributed by atoms with Crippen molar-refractivity contribution >= 4 is 34.6 Å². The van der Waals surface area contributed by atoms with Gasteiger partial charge in [-0.3, -0.25) is 14.5 Å². The lowest BCUT2D eigenvalue weighted by Crippen LogP contribution is -2.51. The normalized spacial score (nSPS) is 21.7. The molecule has 162 valence electrons. The first-order valence-electron chi connectivity index (χ1n) is 9.98. The van der Waals surface area contributed by atoms with Gasteiger partial charge in [0.2, 0.25) is 0 Å². The fourth-order valence-electron chi connectivity index (χ4n) is 4.08. The molecule has 31 heavy (non-hydrogen) atoms. The Morgan fingerprint density at radius 2 is 2.13 bits per heavy atom. The van der Waals surface area contributed by atoms with E-state index in [4.69, 9.17) is 20.8 Å². The van der Waals surface area contributed by atoms with E-state index in [0.717, 1.165) is 37.1 Å². The van der Waals surface area contributed by atoms with E-state index in [2.05, 4.69) is 15.0 Å². The number of ether oxygens (including phenoxy) is 1. The molecule has 0 unspecified atom stereocenters. The summed E-state index contributed by atoms with van der Waals surface area (Å²) in [4.78, 5) is 16.6. The molecule has 1 fully saturated rings. The van der Waals surface area contributed by atoms with E-state index in [-0.39, 0.29) is 5.82 Å². The highest BCUT2D eigenvalue weighted by Gasteiger charge is 2.41. The van der Waals surface area contributed by atoms with E-state index in [1.807, 2.05) is 30.1 Å². The fraction of sp³-hybridized carbons (Fsp3) is 0.400. The van der Waals surface area contributed by atoms with Crippen molar-refractivity contribution in [2.75, 3.05) is 32.7 Å². The number of nitro groups is 1. The van der Waals surface area contributed by atoms with Crippen molar-refractivity contribution in [1.29, 1.82) is 0 Å². The molecule has 0 radical (unpaired) electrons. The Bertz CT molecular complexity index is 1140. The van der Waals surface area contributed by atoms with Gasteiger partial charge in [-0.05, 0) is 36.1 Å². The minimum Gasteiger partial charge on any atom is -0.455 e. The SMILES string of the molecule is C[C@]1(CN2CCN(/N=C/c3cc4cc(Cl)ccc4o3)CC2)Cn2cc([N+](=O)[O-])nc2O1. The van der Waals surface area contributed by atoms with Gasteiger partial charge in [0.25, 0.3) is 0 Å². The van der Waals surface area contributed by atoms with E-state index in [1.54, 1.807) is 16.8 Å². The van der Waals surface area contributed by atoms with Gasteiger partial charge in [-0.25, -0.2) is 0 Å². The van der Waals surface area contributed by atoms with Crippen LogP contribution in [0.2, 0.25) is 5.02 Å². The first-order valence-corrected chi connectivity index (χ1v) is 10.4. The maximum absolute atomic E-state index is 10.9. The van der Waals surface area contributed by atoms with E-state index in [0.29, 0.717) is 29.9 Å². The van der Waals surface area contributed by atoms with Gasteiger partial charge in [-0.1, -0.05) is 11.6 Å². The molecule has 1 saturated heterocycles. The van der Waals surface area contributed by atoms with Crippen LogP contribution < -0.4 is 4.74 Å². The molecule has 2 aromatic heterocycles. The highest BCUT2D eigenvalue weighted by molar-refractivity contribution is 6.31. The van der Waals surface area contributed by atoms with Crippen molar-refractivity contribution in [2.24, 2.45) is 5.10 Å². The number of hydrazone groups is 1. The Hall–Kier alpha value is -3.11. The second-order valence-electron chi connectivity index (χ2n) is 8.12. The Morgan fingerprint density at radius 3 is 2.87 bits per heavy atom. The number of fused-ring (bicyclic) bond motifs is 2. The summed E-state index contributed by atoms with van der Waals surface area (Å²) in [5, 5.41) is 19.1. The highest BCUT2D eigenvalue weighted by atomic mass is 35.5. The van der Waals surface area contributed by atoms with Gasteiger partial charge in [-0.2, -0.15) is 5.10 Å². The van der Waals surface area contributed by atoms with Gasteiger partial charge < -0.3 is 19.3 Å². The minimum atomic E-state index is -0.508. The number of rotatable bonds is 5. The topological polar surface area (TPSA) is 102 Å². The summed E-state index contributed by atoms with van der Waals surface area (Å²) in [6, 6.07) is 7.75. The van der Waals surface area contributed by atoms with Crippen molar-refractivity contribution < 1.29 is 14.1 Å². The van der Waals surface area contributed by atoms with Gasteiger partial charge in [0.15, 0.2) is 0 Å². The summed E-state index contributed by atoms with van der Waals surface area (Å²) in [5.74, 6) is 0.506. The summed E-state index contributed by atoms with van der Waals surface area (Å²) < 4.78 is 13.4. The van der Waals surface area contributed by atoms with Crippen LogP contribution in [0.25, 0.3) is 11.0 Å². The van der Waals surface area contributed by atoms with Crippen molar-refractivity contribution in [1.82, 2.24) is 19.5 Å².